The van der Waals surface area contributed by atoms with Crippen molar-refractivity contribution < 1.29 is 14.6 Å². The molecule has 2 aromatic carbocycles. The SMILES string of the molecule is Cc1ccccc1OC1c2ccccc2OCC1(O)CN. The molecule has 0 fully saturated rings. The zero-order valence-corrected chi connectivity index (χ0v) is 12.0. The molecule has 2 unspecified atom stereocenters. The molecule has 2 atom stereocenters. The summed E-state index contributed by atoms with van der Waals surface area (Å²) >= 11 is 0. The van der Waals surface area contributed by atoms with Crippen LogP contribution in [0.25, 0.3) is 0 Å². The van der Waals surface area contributed by atoms with E-state index >= 15 is 0 Å². The van der Waals surface area contributed by atoms with Crippen LogP contribution in [0.1, 0.15) is 17.2 Å². The van der Waals surface area contributed by atoms with E-state index in [9.17, 15) is 5.11 Å². The van der Waals surface area contributed by atoms with Gasteiger partial charge in [0.1, 0.15) is 18.1 Å². The fourth-order valence-corrected chi connectivity index (χ4v) is 2.55. The van der Waals surface area contributed by atoms with Gasteiger partial charge in [-0.15, -0.1) is 0 Å². The van der Waals surface area contributed by atoms with Gasteiger partial charge in [0.05, 0.1) is 0 Å². The fourth-order valence-electron chi connectivity index (χ4n) is 2.55. The van der Waals surface area contributed by atoms with Crippen molar-refractivity contribution in [3.63, 3.8) is 0 Å². The smallest absolute Gasteiger partial charge is 0.160 e. The molecule has 0 spiro atoms. The molecule has 0 aromatic heterocycles. The lowest BCUT2D eigenvalue weighted by atomic mass is 9.88. The molecule has 4 nitrogen and oxygen atoms in total. The minimum atomic E-state index is -1.24. The maximum atomic E-state index is 10.8. The third kappa shape index (κ3) is 2.48. The lowest BCUT2D eigenvalue weighted by molar-refractivity contribution is -0.0969. The van der Waals surface area contributed by atoms with E-state index in [1.54, 1.807) is 0 Å². The van der Waals surface area contributed by atoms with E-state index < -0.39 is 11.7 Å². The van der Waals surface area contributed by atoms with Crippen molar-refractivity contribution in [3.8, 4) is 11.5 Å². The first kappa shape index (κ1) is 13.9. The zero-order chi connectivity index (χ0) is 14.9. The molecule has 0 saturated carbocycles. The predicted molar refractivity (Wildman–Crippen MR) is 80.5 cm³/mol. The molecule has 4 heteroatoms. The van der Waals surface area contributed by atoms with Crippen LogP contribution in [0, 0.1) is 6.92 Å². The average Bonchev–Trinajstić information content (AvgIpc) is 2.52. The van der Waals surface area contributed by atoms with E-state index in [-0.39, 0.29) is 13.2 Å². The minimum Gasteiger partial charge on any atom is -0.490 e. The van der Waals surface area contributed by atoms with Crippen LogP contribution in [-0.2, 0) is 0 Å². The number of fused-ring (bicyclic) bond motifs is 1. The standard InChI is InChI=1S/C17H19NO3/c1-12-6-2-4-8-14(12)21-16-13-7-3-5-9-15(13)20-11-17(16,19)10-18/h2-9,16,19H,10-11,18H2,1H3. The maximum absolute atomic E-state index is 10.8. The predicted octanol–water partition coefficient (Wildman–Crippen LogP) is 2.20. The number of rotatable bonds is 3. The summed E-state index contributed by atoms with van der Waals surface area (Å²) in [6, 6.07) is 15.3. The first-order chi connectivity index (χ1) is 10.1. The van der Waals surface area contributed by atoms with Gasteiger partial charge in [-0.05, 0) is 24.6 Å². The molecule has 0 aliphatic carbocycles. The van der Waals surface area contributed by atoms with Crippen molar-refractivity contribution in [2.45, 2.75) is 18.6 Å². The van der Waals surface area contributed by atoms with Crippen LogP contribution in [0.3, 0.4) is 0 Å². The van der Waals surface area contributed by atoms with Crippen LogP contribution >= 0.6 is 0 Å². The molecule has 0 amide bonds. The number of hydrogen-bond acceptors (Lipinski definition) is 4. The Morgan fingerprint density at radius 3 is 2.71 bits per heavy atom. The van der Waals surface area contributed by atoms with Crippen molar-refractivity contribution in [1.82, 2.24) is 0 Å². The Balaban J connectivity index is 2.02. The minimum absolute atomic E-state index is 0.0673. The van der Waals surface area contributed by atoms with Crippen LogP contribution in [0.2, 0.25) is 0 Å². The number of nitrogens with two attached hydrogens (primary N) is 1. The van der Waals surface area contributed by atoms with Gasteiger partial charge in [-0.2, -0.15) is 0 Å². The summed E-state index contributed by atoms with van der Waals surface area (Å²) in [6.45, 7) is 2.16. The summed E-state index contributed by atoms with van der Waals surface area (Å²) in [5.74, 6) is 1.47. The molecule has 3 rings (SSSR count). The van der Waals surface area contributed by atoms with Gasteiger partial charge in [0, 0.05) is 12.1 Å². The first-order valence-electron chi connectivity index (χ1n) is 7.00. The Morgan fingerprint density at radius 2 is 1.95 bits per heavy atom. The lowest BCUT2D eigenvalue weighted by Gasteiger charge is -2.39. The molecule has 2 aromatic rings. The van der Waals surface area contributed by atoms with Gasteiger partial charge in [-0.25, -0.2) is 0 Å². The molecule has 0 radical (unpaired) electrons. The van der Waals surface area contributed by atoms with Gasteiger partial charge < -0.3 is 20.3 Å². The second-order valence-electron chi connectivity index (χ2n) is 5.40. The normalized spacial score (nSPS) is 24.0. The zero-order valence-electron chi connectivity index (χ0n) is 12.0. The van der Waals surface area contributed by atoms with Gasteiger partial charge in [-0.1, -0.05) is 36.4 Å². The Kier molecular flexibility index (Phi) is 3.57. The second-order valence-corrected chi connectivity index (χ2v) is 5.40. The third-order valence-electron chi connectivity index (χ3n) is 3.86. The molecule has 0 saturated heterocycles. The van der Waals surface area contributed by atoms with Crippen LogP contribution in [0.15, 0.2) is 48.5 Å². The van der Waals surface area contributed by atoms with Crippen LogP contribution in [-0.4, -0.2) is 23.9 Å². The van der Waals surface area contributed by atoms with E-state index in [0.29, 0.717) is 0 Å². The van der Waals surface area contributed by atoms with Crippen molar-refractivity contribution in [1.29, 1.82) is 0 Å². The van der Waals surface area contributed by atoms with Crippen LogP contribution in [0.4, 0.5) is 0 Å². The Morgan fingerprint density at radius 1 is 1.24 bits per heavy atom. The number of benzene rings is 2. The van der Waals surface area contributed by atoms with Gasteiger partial charge in [0.25, 0.3) is 0 Å². The number of aryl methyl sites for hydroxylation is 1. The fraction of sp³-hybridized carbons (Fsp3) is 0.294. The van der Waals surface area contributed by atoms with Crippen molar-refractivity contribution in [2.75, 3.05) is 13.2 Å². The molecule has 1 aliphatic heterocycles. The summed E-state index contributed by atoms with van der Waals surface area (Å²) in [7, 11) is 0. The Hall–Kier alpha value is -2.04. The summed E-state index contributed by atoms with van der Waals surface area (Å²) in [5.41, 5.74) is 6.36. The molecule has 110 valence electrons. The average molecular weight is 285 g/mol. The highest BCUT2D eigenvalue weighted by atomic mass is 16.5. The number of para-hydroxylation sites is 2. The number of aliphatic hydroxyl groups is 1. The van der Waals surface area contributed by atoms with Crippen molar-refractivity contribution in [3.05, 3.63) is 59.7 Å². The first-order valence-corrected chi connectivity index (χ1v) is 7.00. The highest BCUT2D eigenvalue weighted by molar-refractivity contribution is 5.41. The third-order valence-corrected chi connectivity index (χ3v) is 3.86. The monoisotopic (exact) mass is 285 g/mol. The van der Waals surface area contributed by atoms with E-state index in [0.717, 1.165) is 22.6 Å². The largest absolute Gasteiger partial charge is 0.490 e. The highest BCUT2D eigenvalue weighted by Gasteiger charge is 2.44. The molecular formula is C17H19NO3. The van der Waals surface area contributed by atoms with E-state index in [1.807, 2.05) is 55.5 Å². The molecular weight excluding hydrogens is 266 g/mol. The second kappa shape index (κ2) is 5.39. The topological polar surface area (TPSA) is 64.7 Å². The molecule has 1 aliphatic rings. The number of hydrogen-bond donors (Lipinski definition) is 2. The van der Waals surface area contributed by atoms with Crippen molar-refractivity contribution in [2.24, 2.45) is 5.73 Å². The number of ether oxygens (including phenoxy) is 2. The van der Waals surface area contributed by atoms with Gasteiger partial charge in [-0.3, -0.25) is 0 Å². The van der Waals surface area contributed by atoms with E-state index in [2.05, 4.69) is 0 Å². The Bertz CT molecular complexity index is 643. The van der Waals surface area contributed by atoms with Gasteiger partial charge in [0.15, 0.2) is 11.7 Å². The Labute approximate surface area is 124 Å². The molecule has 1 heterocycles. The van der Waals surface area contributed by atoms with Crippen molar-refractivity contribution >= 4 is 0 Å². The van der Waals surface area contributed by atoms with Crippen LogP contribution in [0.5, 0.6) is 11.5 Å². The summed E-state index contributed by atoms with van der Waals surface area (Å²) in [4.78, 5) is 0. The van der Waals surface area contributed by atoms with Gasteiger partial charge in [0.2, 0.25) is 0 Å². The molecule has 21 heavy (non-hydrogen) atoms. The van der Waals surface area contributed by atoms with Gasteiger partial charge >= 0.3 is 0 Å². The summed E-state index contributed by atoms with van der Waals surface area (Å²) < 4.78 is 11.7. The van der Waals surface area contributed by atoms with E-state index in [1.165, 1.54) is 0 Å². The lowest BCUT2D eigenvalue weighted by Crippen LogP contribution is -2.52. The van der Waals surface area contributed by atoms with E-state index in [4.69, 9.17) is 15.2 Å². The molecule has 0 bridgehead atoms. The quantitative estimate of drug-likeness (QED) is 0.907. The van der Waals surface area contributed by atoms with Crippen LogP contribution < -0.4 is 15.2 Å². The maximum Gasteiger partial charge on any atom is 0.160 e. The summed E-state index contributed by atoms with van der Waals surface area (Å²) in [5, 5.41) is 10.8. The highest BCUT2D eigenvalue weighted by Crippen LogP contribution is 2.40. The summed E-state index contributed by atoms with van der Waals surface area (Å²) in [6.07, 6.45) is -0.548. The molecule has 3 N–H and O–H groups in total.